The van der Waals surface area contributed by atoms with Gasteiger partial charge in [0, 0.05) is 0 Å². The van der Waals surface area contributed by atoms with Gasteiger partial charge in [0.2, 0.25) is 0 Å². The molecule has 0 N–H and O–H groups in total. The molecule has 0 fully saturated rings. The summed E-state index contributed by atoms with van der Waals surface area (Å²) < 4.78 is 73.6. The van der Waals surface area contributed by atoms with E-state index in [9.17, 15) is 21.6 Å². The Balaban J connectivity index is 1.78. The first-order valence-electron chi connectivity index (χ1n) is 10.9. The molecule has 0 saturated heterocycles. The monoisotopic (exact) mass is 487 g/mol. The molecule has 0 radical (unpaired) electrons. The maximum Gasteiger partial charge on any atom is 0.416 e. The predicted molar refractivity (Wildman–Crippen MR) is 127 cm³/mol. The van der Waals surface area contributed by atoms with E-state index in [1.54, 1.807) is 19.1 Å². The molecule has 0 spiro atoms. The van der Waals surface area contributed by atoms with E-state index in [4.69, 9.17) is 4.74 Å². The lowest BCUT2D eigenvalue weighted by molar-refractivity contribution is -0.137. The van der Waals surface area contributed by atoms with Gasteiger partial charge >= 0.3 is 6.18 Å². The van der Waals surface area contributed by atoms with Crippen LogP contribution >= 0.6 is 0 Å². The first-order chi connectivity index (χ1) is 16.1. The molecule has 0 aliphatic carbocycles. The highest BCUT2D eigenvalue weighted by Gasteiger charge is 2.36. The molecule has 0 bridgehead atoms. The van der Waals surface area contributed by atoms with Crippen molar-refractivity contribution >= 4 is 27.4 Å². The molecule has 1 atom stereocenters. The Morgan fingerprint density at radius 3 is 2.47 bits per heavy atom. The van der Waals surface area contributed by atoms with Gasteiger partial charge in [0.25, 0.3) is 10.0 Å². The number of hydrogen-bond acceptors (Lipinski definition) is 3. The van der Waals surface area contributed by atoms with E-state index in [1.165, 1.54) is 6.07 Å². The van der Waals surface area contributed by atoms with Crippen LogP contribution in [0.5, 0.6) is 5.75 Å². The van der Waals surface area contributed by atoms with Crippen molar-refractivity contribution in [3.05, 3.63) is 89.5 Å². The van der Waals surface area contributed by atoms with E-state index >= 15 is 0 Å². The Morgan fingerprint density at radius 2 is 1.79 bits per heavy atom. The van der Waals surface area contributed by atoms with Crippen molar-refractivity contribution in [2.75, 3.05) is 10.8 Å². The molecule has 3 aromatic rings. The fourth-order valence-electron chi connectivity index (χ4n) is 3.94. The van der Waals surface area contributed by atoms with E-state index in [-0.39, 0.29) is 6.54 Å². The summed E-state index contributed by atoms with van der Waals surface area (Å²) >= 11 is 0. The number of hydrogen-bond donors (Lipinski definition) is 0. The molecule has 0 amide bonds. The molecule has 178 valence electrons. The van der Waals surface area contributed by atoms with Gasteiger partial charge in [0.15, 0.2) is 0 Å². The van der Waals surface area contributed by atoms with E-state index in [1.807, 2.05) is 49.4 Å². The first-order valence-corrected chi connectivity index (χ1v) is 12.3. The minimum atomic E-state index is -4.65. The highest BCUT2D eigenvalue weighted by Crippen LogP contribution is 2.39. The number of alkyl halides is 3. The molecule has 8 heteroatoms. The number of allylic oxidation sites excluding steroid dienone is 1. The molecule has 4 rings (SSSR count). The van der Waals surface area contributed by atoms with Crippen LogP contribution in [-0.2, 0) is 16.2 Å². The lowest BCUT2D eigenvalue weighted by atomic mass is 10.0. The summed E-state index contributed by atoms with van der Waals surface area (Å²) in [5, 5.41) is 0. The quantitative estimate of drug-likeness (QED) is 0.380. The molecule has 0 unspecified atom stereocenters. The molecular formula is C26H24F3NO3S. The molecule has 1 aliphatic rings. The molecule has 4 nitrogen and oxygen atoms in total. The van der Waals surface area contributed by atoms with E-state index in [2.05, 4.69) is 0 Å². The fraction of sp³-hybridized carbons (Fsp3) is 0.231. The average molecular weight is 488 g/mol. The smallest absolute Gasteiger partial charge is 0.416 e. The molecule has 0 saturated carbocycles. The van der Waals surface area contributed by atoms with Crippen molar-refractivity contribution in [2.45, 2.75) is 37.4 Å². The zero-order valence-corrected chi connectivity index (χ0v) is 19.5. The summed E-state index contributed by atoms with van der Waals surface area (Å²) in [5.74, 6) is 0.365. The van der Waals surface area contributed by atoms with Gasteiger partial charge in [-0.05, 0) is 60.4 Å². The Kier molecular flexibility index (Phi) is 6.45. The number of halogens is 3. The van der Waals surface area contributed by atoms with Crippen LogP contribution in [0.4, 0.5) is 18.9 Å². The normalized spacial score (nSPS) is 16.7. The van der Waals surface area contributed by atoms with Gasteiger partial charge in [-0.3, -0.25) is 4.31 Å². The Bertz CT molecular complexity index is 1320. The van der Waals surface area contributed by atoms with Crippen LogP contribution < -0.4 is 9.04 Å². The van der Waals surface area contributed by atoms with Crippen molar-refractivity contribution in [3.8, 4) is 5.75 Å². The van der Waals surface area contributed by atoms with Crippen molar-refractivity contribution < 1.29 is 26.3 Å². The van der Waals surface area contributed by atoms with Crippen molar-refractivity contribution in [1.29, 1.82) is 0 Å². The minimum Gasteiger partial charge on any atom is -0.487 e. The highest BCUT2D eigenvalue weighted by atomic mass is 32.2. The van der Waals surface area contributed by atoms with Gasteiger partial charge in [-0.15, -0.1) is 0 Å². The number of sulfonamides is 1. The number of nitrogens with zero attached hydrogens (tertiary/aromatic N) is 1. The van der Waals surface area contributed by atoms with Crippen molar-refractivity contribution in [3.63, 3.8) is 0 Å². The number of rotatable bonds is 5. The van der Waals surface area contributed by atoms with Gasteiger partial charge in [0.1, 0.15) is 11.9 Å². The highest BCUT2D eigenvalue weighted by molar-refractivity contribution is 7.92. The third-order valence-electron chi connectivity index (χ3n) is 5.62. The fourth-order valence-corrected chi connectivity index (χ4v) is 5.52. The van der Waals surface area contributed by atoms with Crippen LogP contribution in [-0.4, -0.2) is 21.1 Å². The average Bonchev–Trinajstić information content (AvgIpc) is 2.82. The maximum absolute atomic E-state index is 13.5. The summed E-state index contributed by atoms with van der Waals surface area (Å²) in [6.07, 6.45) is -2.37. The van der Waals surface area contributed by atoms with E-state index in [0.717, 1.165) is 39.6 Å². The SMILES string of the molecule is CC/C(=C\c1ccc2c(c1)N(S(=O)(=O)c1cccc(C(F)(F)F)c1)C[C@H](C)O2)c1ccccc1. The second-order valence-electron chi connectivity index (χ2n) is 8.11. The zero-order chi connectivity index (χ0) is 24.5. The van der Waals surface area contributed by atoms with Gasteiger partial charge in [0.05, 0.1) is 22.7 Å². The summed E-state index contributed by atoms with van der Waals surface area (Å²) in [6.45, 7) is 3.74. The Labute approximate surface area is 197 Å². The number of anilines is 1. The van der Waals surface area contributed by atoms with Crippen LogP contribution in [0.25, 0.3) is 11.6 Å². The second-order valence-corrected chi connectivity index (χ2v) is 9.97. The third kappa shape index (κ3) is 4.82. The summed E-state index contributed by atoms with van der Waals surface area (Å²) in [5.41, 5.74) is 2.18. The molecule has 0 aromatic heterocycles. The van der Waals surface area contributed by atoms with Gasteiger partial charge in [-0.2, -0.15) is 13.2 Å². The van der Waals surface area contributed by atoms with Crippen LogP contribution in [0.1, 0.15) is 37.0 Å². The first kappa shape index (κ1) is 23.9. The van der Waals surface area contributed by atoms with Crippen LogP contribution in [0.3, 0.4) is 0 Å². The molecule has 3 aromatic carbocycles. The Morgan fingerprint density at radius 1 is 1.06 bits per heavy atom. The number of fused-ring (bicyclic) bond motifs is 1. The summed E-state index contributed by atoms with van der Waals surface area (Å²) in [7, 11) is -4.26. The van der Waals surface area contributed by atoms with E-state index < -0.39 is 32.8 Å². The topological polar surface area (TPSA) is 46.6 Å². The lowest BCUT2D eigenvalue weighted by Crippen LogP contribution is -2.42. The van der Waals surface area contributed by atoms with Crippen molar-refractivity contribution in [1.82, 2.24) is 0 Å². The van der Waals surface area contributed by atoms with Gasteiger partial charge in [-0.1, -0.05) is 55.5 Å². The standard InChI is InChI=1S/C26H24F3NO3S/c1-3-20(21-8-5-4-6-9-21)14-19-12-13-25-24(15-19)30(17-18(2)33-25)34(31,32)23-11-7-10-22(16-23)26(27,28)29/h4-16,18H,3,17H2,1-2H3/b20-14+/t18-/m0/s1. The van der Waals surface area contributed by atoms with Gasteiger partial charge in [-0.25, -0.2) is 8.42 Å². The molecule has 1 heterocycles. The lowest BCUT2D eigenvalue weighted by Gasteiger charge is -2.34. The Hall–Kier alpha value is -3.26. The van der Waals surface area contributed by atoms with Gasteiger partial charge < -0.3 is 4.74 Å². The molecule has 1 aliphatic heterocycles. The van der Waals surface area contributed by atoms with E-state index in [0.29, 0.717) is 17.5 Å². The second kappa shape index (κ2) is 9.18. The summed E-state index contributed by atoms with van der Waals surface area (Å²) in [4.78, 5) is -0.415. The van der Waals surface area contributed by atoms with Crippen LogP contribution in [0.2, 0.25) is 0 Å². The van der Waals surface area contributed by atoms with Crippen molar-refractivity contribution in [2.24, 2.45) is 0 Å². The molecular weight excluding hydrogens is 463 g/mol. The largest absolute Gasteiger partial charge is 0.487 e. The minimum absolute atomic E-state index is 0.0158. The summed E-state index contributed by atoms with van der Waals surface area (Å²) in [6, 6.07) is 18.9. The maximum atomic E-state index is 13.5. The zero-order valence-electron chi connectivity index (χ0n) is 18.7. The molecule has 34 heavy (non-hydrogen) atoms. The number of ether oxygens (including phenoxy) is 1. The third-order valence-corrected chi connectivity index (χ3v) is 7.39. The predicted octanol–water partition coefficient (Wildman–Crippen LogP) is 6.63. The van der Waals surface area contributed by atoms with Crippen LogP contribution in [0.15, 0.2) is 77.7 Å². The number of benzene rings is 3. The van der Waals surface area contributed by atoms with Crippen LogP contribution in [0, 0.1) is 0 Å².